The van der Waals surface area contributed by atoms with Gasteiger partial charge in [0.2, 0.25) is 5.28 Å². The maximum Gasteiger partial charge on any atom is 0.410 e. The maximum atomic E-state index is 15.7. The number of hydrogen-bond acceptors (Lipinski definition) is 7. The number of nitrogens with zero attached hydrogens (tertiary/aromatic N) is 5. The summed E-state index contributed by atoms with van der Waals surface area (Å²) in [6, 6.07) is 6.95. The first-order valence-corrected chi connectivity index (χ1v) is 13.5. The summed E-state index contributed by atoms with van der Waals surface area (Å²) in [6.45, 7) is 10.1. The average molecular weight is 561 g/mol. The van der Waals surface area contributed by atoms with E-state index >= 15 is 4.39 Å². The fourth-order valence-electron chi connectivity index (χ4n) is 5.01. The van der Waals surface area contributed by atoms with Gasteiger partial charge in [-0.1, -0.05) is 24.3 Å². The van der Waals surface area contributed by atoms with E-state index in [2.05, 4.69) is 15.3 Å². The Kier molecular flexibility index (Phi) is 7.32. The van der Waals surface area contributed by atoms with E-state index in [0.717, 1.165) is 11.1 Å². The number of halogens is 2. The number of amides is 3. The molecule has 1 aromatic carbocycles. The lowest BCUT2D eigenvalue weighted by atomic mass is 9.86. The molecule has 0 spiro atoms. The highest BCUT2D eigenvalue weighted by Gasteiger charge is 2.48. The number of urea groups is 1. The predicted octanol–water partition coefficient (Wildman–Crippen LogP) is 4.49. The van der Waals surface area contributed by atoms with Crippen LogP contribution >= 0.6 is 11.6 Å². The van der Waals surface area contributed by atoms with Crippen molar-refractivity contribution in [3.8, 4) is 0 Å². The zero-order valence-electron chi connectivity index (χ0n) is 22.7. The van der Waals surface area contributed by atoms with Gasteiger partial charge in [-0.15, -0.1) is 0 Å². The Labute approximate surface area is 232 Å². The van der Waals surface area contributed by atoms with Gasteiger partial charge in [-0.05, 0) is 50.4 Å². The summed E-state index contributed by atoms with van der Waals surface area (Å²) >= 11 is 6.24. The number of fused-ring (bicyclic) bond motifs is 1. The molecule has 2 saturated heterocycles. The summed E-state index contributed by atoms with van der Waals surface area (Å²) in [4.78, 5) is 39.0. The first-order valence-electron chi connectivity index (χ1n) is 13.1. The second kappa shape index (κ2) is 10.4. The number of benzene rings is 1. The first kappa shape index (κ1) is 27.4. The third-order valence-corrected chi connectivity index (χ3v) is 7.27. The number of alkyl halides is 1. The van der Waals surface area contributed by atoms with Crippen molar-refractivity contribution in [1.29, 1.82) is 0 Å². The smallest absolute Gasteiger partial charge is 0.410 e. The van der Waals surface area contributed by atoms with E-state index in [0.29, 0.717) is 56.5 Å². The van der Waals surface area contributed by atoms with Crippen LogP contribution in [0.4, 0.5) is 19.8 Å². The van der Waals surface area contributed by atoms with Crippen molar-refractivity contribution < 1.29 is 23.5 Å². The highest BCUT2D eigenvalue weighted by atomic mass is 35.5. The van der Waals surface area contributed by atoms with Gasteiger partial charge in [0.25, 0.3) is 0 Å². The lowest BCUT2D eigenvalue weighted by Crippen LogP contribution is -2.59. The highest BCUT2D eigenvalue weighted by molar-refractivity contribution is 6.28. The van der Waals surface area contributed by atoms with Crippen LogP contribution in [0.2, 0.25) is 5.28 Å². The predicted molar refractivity (Wildman–Crippen MR) is 143 cm³/mol. The fraction of sp³-hybridized carbons (Fsp3) is 0.556. The molecular weight excluding hydrogens is 527 g/mol. The number of morpholine rings is 1. The normalized spacial score (nSPS) is 19.3. The lowest BCUT2D eigenvalue weighted by Gasteiger charge is -2.44. The number of nitrogens with one attached hydrogen (secondary N) is 1. The number of likely N-dealkylation sites (tertiary alicyclic amines) is 1. The van der Waals surface area contributed by atoms with Gasteiger partial charge in [-0.3, -0.25) is 0 Å². The summed E-state index contributed by atoms with van der Waals surface area (Å²) in [6.07, 6.45) is -0.516. The molecule has 10 nitrogen and oxygen atoms in total. The minimum Gasteiger partial charge on any atom is -0.444 e. The highest BCUT2D eigenvalue weighted by Crippen LogP contribution is 2.38. The molecule has 5 rings (SSSR count). The Morgan fingerprint density at radius 1 is 1.13 bits per heavy atom. The molecule has 0 bridgehead atoms. The fourth-order valence-corrected chi connectivity index (χ4v) is 5.19. The second-order valence-electron chi connectivity index (χ2n) is 11.3. The van der Waals surface area contributed by atoms with Crippen molar-refractivity contribution in [2.24, 2.45) is 0 Å². The molecule has 4 heterocycles. The molecule has 1 unspecified atom stereocenters. The summed E-state index contributed by atoms with van der Waals surface area (Å²) in [5.74, 6) is 0.551. The van der Waals surface area contributed by atoms with Crippen LogP contribution in [0, 0.1) is 0 Å². The van der Waals surface area contributed by atoms with Crippen LogP contribution in [0.15, 0.2) is 24.3 Å². The van der Waals surface area contributed by atoms with Gasteiger partial charge in [-0.2, -0.15) is 0 Å². The van der Waals surface area contributed by atoms with Crippen molar-refractivity contribution in [2.75, 3.05) is 44.7 Å². The van der Waals surface area contributed by atoms with Crippen LogP contribution in [0.3, 0.4) is 0 Å². The van der Waals surface area contributed by atoms with Gasteiger partial charge in [0.1, 0.15) is 11.4 Å². The van der Waals surface area contributed by atoms with Crippen LogP contribution in [0.1, 0.15) is 56.1 Å². The molecule has 2 aromatic rings. The number of ether oxygens (including phenoxy) is 2. The molecule has 3 aliphatic heterocycles. The van der Waals surface area contributed by atoms with E-state index in [1.54, 1.807) is 48.8 Å². The molecule has 210 valence electrons. The molecule has 1 aromatic heterocycles. The quantitative estimate of drug-likeness (QED) is 0.550. The summed E-state index contributed by atoms with van der Waals surface area (Å²) in [7, 11) is 0. The molecule has 0 aliphatic carbocycles. The zero-order chi connectivity index (χ0) is 27.9. The molecule has 12 heteroatoms. The molecule has 2 fully saturated rings. The van der Waals surface area contributed by atoms with Crippen LogP contribution in [-0.4, -0.2) is 81.8 Å². The van der Waals surface area contributed by atoms with Crippen LogP contribution in [0.5, 0.6) is 0 Å². The van der Waals surface area contributed by atoms with Crippen molar-refractivity contribution in [1.82, 2.24) is 24.7 Å². The Morgan fingerprint density at radius 3 is 2.54 bits per heavy atom. The van der Waals surface area contributed by atoms with Gasteiger partial charge < -0.3 is 29.5 Å². The molecule has 39 heavy (non-hydrogen) atoms. The third kappa shape index (κ3) is 5.89. The number of carbonyl (C=O) groups excluding carboxylic acids is 2. The number of anilines is 1. The monoisotopic (exact) mass is 560 g/mol. The Hall–Kier alpha value is -3.18. The topological polar surface area (TPSA) is 100 Å². The first-order chi connectivity index (χ1) is 18.4. The van der Waals surface area contributed by atoms with Gasteiger partial charge >= 0.3 is 12.1 Å². The minimum absolute atomic E-state index is 0.0603. The molecular formula is C27H34ClFN6O4. The number of aromatic nitrogens is 2. The standard InChI is InChI=1S/C27H34ClFN6O4/c1-17(18-6-5-7-19(12-18)27(29)15-35(16-27)25(37)39-26(2,3)4)30-22-20-13-34(14-21(20)31-23(28)32-22)24(36)33-8-10-38-11-9-33/h5-7,12,17H,8-11,13-16H2,1-4H3,(H,30,31,32). The second-order valence-corrected chi connectivity index (χ2v) is 11.6. The Morgan fingerprint density at radius 2 is 1.85 bits per heavy atom. The van der Waals surface area contributed by atoms with Gasteiger partial charge in [-0.25, -0.2) is 23.9 Å². The Bertz CT molecular complexity index is 1260. The van der Waals surface area contributed by atoms with E-state index in [1.807, 2.05) is 13.0 Å². The molecule has 0 saturated carbocycles. The zero-order valence-corrected chi connectivity index (χ0v) is 23.4. The van der Waals surface area contributed by atoms with Gasteiger partial charge in [0, 0.05) is 24.7 Å². The van der Waals surface area contributed by atoms with Crippen molar-refractivity contribution in [2.45, 2.75) is 58.1 Å². The van der Waals surface area contributed by atoms with Gasteiger partial charge in [0.15, 0.2) is 5.67 Å². The molecule has 1 atom stereocenters. The van der Waals surface area contributed by atoms with Crippen LogP contribution < -0.4 is 5.32 Å². The minimum atomic E-state index is -1.65. The van der Waals surface area contributed by atoms with Crippen molar-refractivity contribution >= 4 is 29.5 Å². The summed E-state index contributed by atoms with van der Waals surface area (Å²) in [5.41, 5.74) is 0.595. The number of rotatable bonds is 4. The van der Waals surface area contributed by atoms with E-state index in [4.69, 9.17) is 21.1 Å². The van der Waals surface area contributed by atoms with Crippen LogP contribution in [-0.2, 0) is 28.2 Å². The van der Waals surface area contributed by atoms with Crippen molar-refractivity contribution in [3.63, 3.8) is 0 Å². The van der Waals surface area contributed by atoms with E-state index in [9.17, 15) is 9.59 Å². The molecule has 1 N–H and O–H groups in total. The lowest BCUT2D eigenvalue weighted by molar-refractivity contribution is -0.0538. The van der Waals surface area contributed by atoms with Gasteiger partial charge in [0.05, 0.1) is 45.1 Å². The third-order valence-electron chi connectivity index (χ3n) is 7.10. The Balaban J connectivity index is 1.27. The molecule has 3 aliphatic rings. The van der Waals surface area contributed by atoms with E-state index in [1.165, 1.54) is 4.90 Å². The molecule has 0 radical (unpaired) electrons. The van der Waals surface area contributed by atoms with Crippen molar-refractivity contribution in [3.05, 3.63) is 51.9 Å². The van der Waals surface area contributed by atoms with E-state index in [-0.39, 0.29) is 30.4 Å². The van der Waals surface area contributed by atoms with E-state index < -0.39 is 17.4 Å². The van der Waals surface area contributed by atoms with Crippen LogP contribution in [0.25, 0.3) is 0 Å². The SMILES string of the molecule is CC(Nc1nc(Cl)nc2c1CN(C(=O)N1CCOCC1)C2)c1cccc(C2(F)CN(C(=O)OC(C)(C)C)C2)c1. The average Bonchev–Trinajstić information content (AvgIpc) is 3.30. The summed E-state index contributed by atoms with van der Waals surface area (Å²) in [5, 5.41) is 3.49. The number of carbonyl (C=O) groups is 2. The number of hydrogen-bond donors (Lipinski definition) is 1. The summed E-state index contributed by atoms with van der Waals surface area (Å²) < 4.78 is 26.4. The molecule has 3 amide bonds. The maximum absolute atomic E-state index is 15.7. The largest absolute Gasteiger partial charge is 0.444 e.